The number of rotatable bonds is 1. The van der Waals surface area contributed by atoms with E-state index in [1.54, 1.807) is 12.1 Å². The van der Waals surface area contributed by atoms with Crippen molar-refractivity contribution in [1.29, 1.82) is 0 Å². The van der Waals surface area contributed by atoms with Crippen molar-refractivity contribution in [2.75, 3.05) is 17.7 Å². The number of fused-ring (bicyclic) bond motifs is 2. The van der Waals surface area contributed by atoms with Gasteiger partial charge in [0.1, 0.15) is 0 Å². The summed E-state index contributed by atoms with van der Waals surface area (Å²) in [7, 11) is 1.38. The summed E-state index contributed by atoms with van der Waals surface area (Å²) >= 11 is 0. The number of carbonyl (C=O) groups excluding carboxylic acids is 1. The molecule has 4 nitrogen and oxygen atoms in total. The van der Waals surface area contributed by atoms with E-state index in [1.807, 2.05) is 24.3 Å². The average Bonchev–Trinajstić information content (AvgIpc) is 2.64. The molecule has 19 heavy (non-hydrogen) atoms. The maximum Gasteiger partial charge on any atom is 0.337 e. The number of benzene rings is 2. The molecule has 0 fully saturated rings. The molecule has 0 aliphatic carbocycles. The maximum atomic E-state index is 11.5. The molecule has 0 saturated heterocycles. The van der Waals surface area contributed by atoms with Crippen LogP contribution in [0.3, 0.4) is 0 Å². The lowest BCUT2D eigenvalue weighted by molar-refractivity contribution is 0.0601. The molecule has 0 saturated carbocycles. The minimum absolute atomic E-state index is 0.327. The summed E-state index contributed by atoms with van der Waals surface area (Å²) in [5, 5.41) is 6.70. The highest BCUT2D eigenvalue weighted by Gasteiger charge is 2.14. The first kappa shape index (κ1) is 11.6. The highest BCUT2D eigenvalue weighted by molar-refractivity contribution is 5.93. The van der Waals surface area contributed by atoms with Crippen LogP contribution in [0, 0.1) is 0 Å². The van der Waals surface area contributed by atoms with Gasteiger partial charge in [0, 0.05) is 12.2 Å². The molecule has 0 atom stereocenters. The van der Waals surface area contributed by atoms with Gasteiger partial charge in [-0.1, -0.05) is 18.2 Å². The molecule has 2 aromatic rings. The van der Waals surface area contributed by atoms with Gasteiger partial charge in [0.05, 0.1) is 24.0 Å². The van der Waals surface area contributed by atoms with Crippen molar-refractivity contribution < 1.29 is 9.53 Å². The zero-order valence-corrected chi connectivity index (χ0v) is 10.6. The molecule has 2 aromatic carbocycles. The second-order valence-electron chi connectivity index (χ2n) is 4.39. The van der Waals surface area contributed by atoms with Gasteiger partial charge < -0.3 is 15.4 Å². The highest BCUT2D eigenvalue weighted by Crippen LogP contribution is 2.32. The van der Waals surface area contributed by atoms with Gasteiger partial charge in [-0.2, -0.15) is 0 Å². The summed E-state index contributed by atoms with van der Waals surface area (Å²) in [4.78, 5) is 11.5. The first-order valence-electron chi connectivity index (χ1n) is 6.09. The third kappa shape index (κ3) is 2.12. The van der Waals surface area contributed by atoms with Gasteiger partial charge in [0.2, 0.25) is 0 Å². The number of methoxy groups -OCH3 is 1. The molecule has 0 amide bonds. The number of esters is 1. The predicted octanol–water partition coefficient (Wildman–Crippen LogP) is 3.14. The normalized spacial score (nSPS) is 12.3. The Morgan fingerprint density at radius 3 is 2.79 bits per heavy atom. The van der Waals surface area contributed by atoms with Crippen LogP contribution in [0.25, 0.3) is 0 Å². The summed E-state index contributed by atoms with van der Waals surface area (Å²) < 4.78 is 4.73. The second-order valence-corrected chi connectivity index (χ2v) is 4.39. The lowest BCUT2D eigenvalue weighted by Crippen LogP contribution is -2.03. The van der Waals surface area contributed by atoms with Crippen LogP contribution in [-0.4, -0.2) is 13.1 Å². The fourth-order valence-corrected chi connectivity index (χ4v) is 2.18. The van der Waals surface area contributed by atoms with Crippen molar-refractivity contribution >= 4 is 23.0 Å². The van der Waals surface area contributed by atoms with Crippen molar-refractivity contribution in [2.45, 2.75) is 6.54 Å². The first-order valence-corrected chi connectivity index (χ1v) is 6.09. The van der Waals surface area contributed by atoms with E-state index >= 15 is 0 Å². The van der Waals surface area contributed by atoms with Crippen LogP contribution in [0.15, 0.2) is 42.5 Å². The summed E-state index contributed by atoms with van der Waals surface area (Å²) in [6, 6.07) is 13.6. The summed E-state index contributed by atoms with van der Waals surface area (Å²) in [6.07, 6.45) is 0. The molecule has 0 aromatic heterocycles. The molecule has 96 valence electrons. The minimum atomic E-state index is -0.327. The molecule has 0 bridgehead atoms. The number of hydrogen-bond acceptors (Lipinski definition) is 4. The largest absolute Gasteiger partial charge is 0.465 e. The molecular formula is C15H14N2O2. The van der Waals surface area contributed by atoms with E-state index in [4.69, 9.17) is 4.74 Å². The Kier molecular flexibility index (Phi) is 2.83. The first-order chi connectivity index (χ1) is 9.28. The van der Waals surface area contributed by atoms with Crippen molar-refractivity contribution in [3.05, 3.63) is 53.6 Å². The third-order valence-electron chi connectivity index (χ3n) is 3.20. The number of para-hydroxylation sites is 1. The Bertz CT molecular complexity index is 638. The number of hydrogen-bond donors (Lipinski definition) is 2. The van der Waals surface area contributed by atoms with Gasteiger partial charge in [0.25, 0.3) is 0 Å². The lowest BCUT2D eigenvalue weighted by atomic mass is 10.1. The summed E-state index contributed by atoms with van der Waals surface area (Å²) in [5.41, 5.74) is 4.68. The van der Waals surface area contributed by atoms with Gasteiger partial charge in [-0.3, -0.25) is 0 Å². The molecule has 1 aliphatic rings. The molecule has 0 spiro atoms. The lowest BCUT2D eigenvalue weighted by Gasteiger charge is -2.10. The zero-order valence-electron chi connectivity index (χ0n) is 10.6. The number of anilines is 3. The number of ether oxygens (including phenoxy) is 1. The SMILES string of the molecule is COC(=O)c1ccc2c(c1)NCc1ccccc1N2. The van der Waals surface area contributed by atoms with E-state index in [0.717, 1.165) is 23.6 Å². The summed E-state index contributed by atoms with van der Waals surface area (Å²) in [5.74, 6) is -0.327. The molecule has 2 N–H and O–H groups in total. The highest BCUT2D eigenvalue weighted by atomic mass is 16.5. The van der Waals surface area contributed by atoms with E-state index in [0.29, 0.717) is 5.56 Å². The van der Waals surface area contributed by atoms with Crippen molar-refractivity contribution in [1.82, 2.24) is 0 Å². The van der Waals surface area contributed by atoms with Gasteiger partial charge in [-0.15, -0.1) is 0 Å². The number of carbonyl (C=O) groups is 1. The van der Waals surface area contributed by atoms with E-state index in [9.17, 15) is 4.79 Å². The monoisotopic (exact) mass is 254 g/mol. The fourth-order valence-electron chi connectivity index (χ4n) is 2.18. The topological polar surface area (TPSA) is 50.4 Å². The Morgan fingerprint density at radius 2 is 1.95 bits per heavy atom. The predicted molar refractivity (Wildman–Crippen MR) is 74.8 cm³/mol. The van der Waals surface area contributed by atoms with Crippen LogP contribution in [0.4, 0.5) is 17.1 Å². The van der Waals surface area contributed by atoms with Gasteiger partial charge in [-0.25, -0.2) is 4.79 Å². The molecule has 4 heteroatoms. The zero-order chi connectivity index (χ0) is 13.2. The van der Waals surface area contributed by atoms with Crippen LogP contribution in [0.2, 0.25) is 0 Å². The minimum Gasteiger partial charge on any atom is -0.465 e. The van der Waals surface area contributed by atoms with Crippen molar-refractivity contribution in [3.63, 3.8) is 0 Å². The van der Waals surface area contributed by atoms with E-state index in [2.05, 4.69) is 16.7 Å². The molecule has 0 radical (unpaired) electrons. The summed E-state index contributed by atoms with van der Waals surface area (Å²) in [6.45, 7) is 0.723. The fraction of sp³-hybridized carbons (Fsp3) is 0.133. The smallest absolute Gasteiger partial charge is 0.337 e. The quantitative estimate of drug-likeness (QED) is 0.768. The second kappa shape index (κ2) is 4.65. The van der Waals surface area contributed by atoms with Gasteiger partial charge in [0.15, 0.2) is 0 Å². The standard InChI is InChI=1S/C15H14N2O2/c1-19-15(18)10-6-7-13-14(8-10)16-9-11-4-2-3-5-12(11)17-13/h2-8,16-17H,9H2,1H3. The van der Waals surface area contributed by atoms with Crippen LogP contribution < -0.4 is 10.6 Å². The van der Waals surface area contributed by atoms with Crippen molar-refractivity contribution in [3.8, 4) is 0 Å². The van der Waals surface area contributed by atoms with Gasteiger partial charge in [-0.05, 0) is 29.8 Å². The third-order valence-corrected chi connectivity index (χ3v) is 3.20. The van der Waals surface area contributed by atoms with Gasteiger partial charge >= 0.3 is 5.97 Å². The van der Waals surface area contributed by atoms with Crippen LogP contribution >= 0.6 is 0 Å². The maximum absolute atomic E-state index is 11.5. The van der Waals surface area contributed by atoms with E-state index in [-0.39, 0.29) is 5.97 Å². The molecule has 1 aliphatic heterocycles. The molecular weight excluding hydrogens is 240 g/mol. The Hall–Kier alpha value is -2.49. The van der Waals surface area contributed by atoms with Crippen LogP contribution in [0.1, 0.15) is 15.9 Å². The van der Waals surface area contributed by atoms with Crippen LogP contribution in [0.5, 0.6) is 0 Å². The van der Waals surface area contributed by atoms with Crippen molar-refractivity contribution in [2.24, 2.45) is 0 Å². The molecule has 3 rings (SSSR count). The average molecular weight is 254 g/mol. The van der Waals surface area contributed by atoms with E-state index < -0.39 is 0 Å². The molecule has 0 unspecified atom stereocenters. The Balaban J connectivity index is 1.99. The Morgan fingerprint density at radius 1 is 1.11 bits per heavy atom. The Labute approximate surface area is 111 Å². The van der Waals surface area contributed by atoms with Crippen LogP contribution in [-0.2, 0) is 11.3 Å². The van der Waals surface area contributed by atoms with E-state index in [1.165, 1.54) is 12.7 Å². The number of nitrogens with one attached hydrogen (secondary N) is 2. The molecule has 1 heterocycles.